The number of rotatable bonds is 8. The molecule has 0 aliphatic carbocycles. The molecule has 0 radical (unpaired) electrons. The van der Waals surface area contributed by atoms with Gasteiger partial charge in [-0.1, -0.05) is 54.6 Å². The van der Waals surface area contributed by atoms with E-state index in [0.29, 0.717) is 28.8 Å². The van der Waals surface area contributed by atoms with Gasteiger partial charge in [-0.2, -0.15) is 0 Å². The minimum Gasteiger partial charge on any atom is -0.489 e. The van der Waals surface area contributed by atoms with E-state index in [-0.39, 0.29) is 24.6 Å². The molecule has 0 atom stereocenters. The molecule has 38 heavy (non-hydrogen) atoms. The Bertz CT molecular complexity index is 1730. The third-order valence-electron chi connectivity index (χ3n) is 6.37. The van der Waals surface area contributed by atoms with Crippen molar-refractivity contribution < 1.29 is 14.3 Å². The number of nitrogens with zero attached hydrogens (tertiary/aromatic N) is 1. The van der Waals surface area contributed by atoms with Crippen molar-refractivity contribution in [2.24, 2.45) is 5.73 Å². The molecule has 5 aromatic rings. The Labute approximate surface area is 219 Å². The van der Waals surface area contributed by atoms with Gasteiger partial charge in [-0.15, -0.1) is 0 Å². The number of carbonyl (C=O) groups is 1. The molecular weight excluding hydrogens is 478 g/mol. The summed E-state index contributed by atoms with van der Waals surface area (Å²) in [6.45, 7) is 2.51. The predicted octanol–water partition coefficient (Wildman–Crippen LogP) is 5.24. The molecule has 0 saturated carbocycles. The van der Waals surface area contributed by atoms with E-state index in [0.717, 1.165) is 21.9 Å². The van der Waals surface area contributed by atoms with Gasteiger partial charge in [-0.05, 0) is 65.2 Å². The Hall–Kier alpha value is -4.91. The van der Waals surface area contributed by atoms with E-state index >= 15 is 0 Å². The highest BCUT2D eigenvalue weighted by Gasteiger charge is 2.18. The van der Waals surface area contributed by atoms with Crippen LogP contribution in [0, 0.1) is 5.41 Å². The molecule has 0 bridgehead atoms. The number of pyridine rings is 1. The van der Waals surface area contributed by atoms with Crippen LogP contribution in [0.15, 0.2) is 95.8 Å². The predicted molar refractivity (Wildman–Crippen MR) is 149 cm³/mol. The van der Waals surface area contributed by atoms with Crippen LogP contribution < -0.4 is 16.0 Å². The number of esters is 1. The van der Waals surface area contributed by atoms with Crippen LogP contribution >= 0.6 is 0 Å². The highest BCUT2D eigenvalue weighted by molar-refractivity contribution is 5.99. The maximum atomic E-state index is 13.5. The molecule has 0 saturated heterocycles. The van der Waals surface area contributed by atoms with Crippen LogP contribution in [0.1, 0.15) is 34.0 Å². The summed E-state index contributed by atoms with van der Waals surface area (Å²) >= 11 is 0. The lowest BCUT2D eigenvalue weighted by atomic mass is 10.0. The third kappa shape index (κ3) is 5.13. The SMILES string of the molecule is CCOC(=O)c1cc2cc(OCc3ccccc3)ccc2n(Cc2ccc3ccc(C(=N)N)cc3c2)c1=O. The van der Waals surface area contributed by atoms with Gasteiger partial charge in [-0.25, -0.2) is 4.79 Å². The lowest BCUT2D eigenvalue weighted by Crippen LogP contribution is -2.28. The standard InChI is InChI=1S/C31H27N3O4/c1-2-37-31(36)27-17-25-16-26(38-19-20-6-4-3-5-7-20)12-13-28(25)34(30(27)35)18-21-8-9-22-10-11-23(29(32)33)15-24(22)14-21/h3-17H,2,18-19H2,1H3,(H3,32,33). The number of nitrogens with one attached hydrogen (secondary N) is 1. The number of carbonyl (C=O) groups excluding carboxylic acids is 1. The summed E-state index contributed by atoms with van der Waals surface area (Å²) in [4.78, 5) is 26.2. The second-order valence-electron chi connectivity index (χ2n) is 8.97. The zero-order chi connectivity index (χ0) is 26.6. The molecule has 1 heterocycles. The molecule has 1 aromatic heterocycles. The molecule has 190 valence electrons. The van der Waals surface area contributed by atoms with Gasteiger partial charge in [-0.3, -0.25) is 10.2 Å². The Morgan fingerprint density at radius 2 is 1.66 bits per heavy atom. The molecule has 0 aliphatic heterocycles. The van der Waals surface area contributed by atoms with Crippen molar-refractivity contribution in [3.8, 4) is 5.75 Å². The lowest BCUT2D eigenvalue weighted by Gasteiger charge is -2.15. The number of hydrogen-bond acceptors (Lipinski definition) is 5. The topological polar surface area (TPSA) is 107 Å². The first-order valence-corrected chi connectivity index (χ1v) is 12.3. The quantitative estimate of drug-likeness (QED) is 0.170. The first-order chi connectivity index (χ1) is 18.4. The van der Waals surface area contributed by atoms with Crippen molar-refractivity contribution in [3.63, 3.8) is 0 Å². The van der Waals surface area contributed by atoms with Crippen molar-refractivity contribution in [2.75, 3.05) is 6.61 Å². The lowest BCUT2D eigenvalue weighted by molar-refractivity contribution is 0.0524. The molecule has 5 rings (SSSR count). The monoisotopic (exact) mass is 505 g/mol. The van der Waals surface area contributed by atoms with Gasteiger partial charge in [0.15, 0.2) is 0 Å². The van der Waals surface area contributed by atoms with Crippen LogP contribution in [0.2, 0.25) is 0 Å². The number of benzene rings is 4. The molecule has 0 unspecified atom stereocenters. The molecule has 0 amide bonds. The van der Waals surface area contributed by atoms with Crippen LogP contribution in [-0.2, 0) is 17.9 Å². The van der Waals surface area contributed by atoms with Crippen LogP contribution in [0.5, 0.6) is 5.75 Å². The summed E-state index contributed by atoms with van der Waals surface area (Å²) < 4.78 is 12.7. The third-order valence-corrected chi connectivity index (χ3v) is 6.37. The number of aromatic nitrogens is 1. The normalized spacial score (nSPS) is 11.0. The maximum Gasteiger partial charge on any atom is 0.343 e. The molecule has 0 aliphatic rings. The second kappa shape index (κ2) is 10.6. The van der Waals surface area contributed by atoms with Crippen molar-refractivity contribution in [1.29, 1.82) is 5.41 Å². The van der Waals surface area contributed by atoms with Gasteiger partial charge in [0.05, 0.1) is 18.7 Å². The van der Waals surface area contributed by atoms with Gasteiger partial charge in [0.25, 0.3) is 5.56 Å². The molecular formula is C31H27N3O4. The first-order valence-electron chi connectivity index (χ1n) is 12.3. The van der Waals surface area contributed by atoms with Gasteiger partial charge in [0.1, 0.15) is 23.8 Å². The Balaban J connectivity index is 1.56. The number of ether oxygens (including phenoxy) is 2. The number of nitrogen functional groups attached to an aromatic ring is 1. The van der Waals surface area contributed by atoms with Gasteiger partial charge in [0.2, 0.25) is 0 Å². The van der Waals surface area contributed by atoms with Crippen molar-refractivity contribution in [1.82, 2.24) is 4.57 Å². The zero-order valence-electron chi connectivity index (χ0n) is 20.9. The molecule has 3 N–H and O–H groups in total. The highest BCUT2D eigenvalue weighted by Crippen LogP contribution is 2.24. The average molecular weight is 506 g/mol. The summed E-state index contributed by atoms with van der Waals surface area (Å²) in [5, 5.41) is 10.3. The fraction of sp³-hybridized carbons (Fsp3) is 0.129. The van der Waals surface area contributed by atoms with Crippen LogP contribution in [0.4, 0.5) is 0 Å². The van der Waals surface area contributed by atoms with Crippen LogP contribution in [0.25, 0.3) is 21.7 Å². The van der Waals surface area contributed by atoms with Crippen molar-refractivity contribution in [3.05, 3.63) is 124 Å². The van der Waals surface area contributed by atoms with E-state index in [4.69, 9.17) is 20.6 Å². The molecule has 7 heteroatoms. The van der Waals surface area contributed by atoms with Gasteiger partial charge < -0.3 is 19.8 Å². The fourth-order valence-electron chi connectivity index (χ4n) is 4.45. The number of nitrogens with two attached hydrogens (primary N) is 1. The molecule has 0 spiro atoms. The number of amidine groups is 1. The van der Waals surface area contributed by atoms with E-state index in [1.165, 1.54) is 0 Å². The fourth-order valence-corrected chi connectivity index (χ4v) is 4.45. The minimum absolute atomic E-state index is 0.00746. The Morgan fingerprint density at radius 1 is 0.868 bits per heavy atom. The highest BCUT2D eigenvalue weighted by atomic mass is 16.5. The van der Waals surface area contributed by atoms with Crippen molar-refractivity contribution in [2.45, 2.75) is 20.1 Å². The summed E-state index contributed by atoms with van der Waals surface area (Å²) in [5.41, 5.74) is 8.42. The summed E-state index contributed by atoms with van der Waals surface area (Å²) in [6, 6.07) is 28.3. The van der Waals surface area contributed by atoms with Crippen molar-refractivity contribution >= 4 is 33.5 Å². The Kier molecular flexibility index (Phi) is 6.91. The van der Waals surface area contributed by atoms with Crippen LogP contribution in [-0.4, -0.2) is 23.0 Å². The summed E-state index contributed by atoms with van der Waals surface area (Å²) in [6.07, 6.45) is 0. The summed E-state index contributed by atoms with van der Waals surface area (Å²) in [7, 11) is 0. The minimum atomic E-state index is -0.659. The summed E-state index contributed by atoms with van der Waals surface area (Å²) in [5.74, 6) is -0.0378. The van der Waals surface area contributed by atoms with E-state index in [9.17, 15) is 9.59 Å². The van der Waals surface area contributed by atoms with E-state index < -0.39 is 11.5 Å². The number of fused-ring (bicyclic) bond motifs is 2. The second-order valence-corrected chi connectivity index (χ2v) is 8.97. The average Bonchev–Trinajstić information content (AvgIpc) is 2.93. The molecule has 4 aromatic carbocycles. The van der Waals surface area contributed by atoms with Crippen LogP contribution in [0.3, 0.4) is 0 Å². The molecule has 0 fully saturated rings. The maximum absolute atomic E-state index is 13.5. The first kappa shape index (κ1) is 24.8. The number of hydrogen-bond donors (Lipinski definition) is 2. The zero-order valence-corrected chi connectivity index (χ0v) is 20.9. The van der Waals surface area contributed by atoms with Gasteiger partial charge >= 0.3 is 5.97 Å². The van der Waals surface area contributed by atoms with E-state index in [2.05, 4.69) is 0 Å². The smallest absolute Gasteiger partial charge is 0.343 e. The van der Waals surface area contributed by atoms with E-state index in [1.807, 2.05) is 84.9 Å². The van der Waals surface area contributed by atoms with E-state index in [1.54, 1.807) is 17.6 Å². The molecule has 7 nitrogen and oxygen atoms in total. The van der Waals surface area contributed by atoms with Gasteiger partial charge in [0, 0.05) is 10.9 Å². The largest absolute Gasteiger partial charge is 0.489 e. The Morgan fingerprint density at radius 3 is 2.42 bits per heavy atom.